The third-order valence-corrected chi connectivity index (χ3v) is 2.95. The van der Waals surface area contributed by atoms with Crippen LogP contribution in [0.4, 0.5) is 0 Å². The van der Waals surface area contributed by atoms with Crippen LogP contribution in [0.1, 0.15) is 19.4 Å². The molecule has 0 aliphatic rings. The highest BCUT2D eigenvalue weighted by Gasteiger charge is 2.01. The summed E-state index contributed by atoms with van der Waals surface area (Å²) in [6, 6.07) is 12.4. The summed E-state index contributed by atoms with van der Waals surface area (Å²) in [5.74, 6) is 0.688. The van der Waals surface area contributed by atoms with Crippen molar-refractivity contribution in [2.45, 2.75) is 20.3 Å². The van der Waals surface area contributed by atoms with E-state index in [1.165, 1.54) is 5.56 Å². The van der Waals surface area contributed by atoms with Crippen LogP contribution in [0.5, 0.6) is 0 Å². The first-order valence-electron chi connectivity index (χ1n) is 5.73. The van der Waals surface area contributed by atoms with Gasteiger partial charge in [-0.25, -0.2) is 0 Å². The molecule has 0 radical (unpaired) electrons. The molecule has 0 saturated heterocycles. The van der Waals surface area contributed by atoms with Gasteiger partial charge in [0.25, 0.3) is 0 Å². The minimum Gasteiger partial charge on any atom is -0.149 e. The van der Waals surface area contributed by atoms with Crippen molar-refractivity contribution in [3.05, 3.63) is 46.6 Å². The van der Waals surface area contributed by atoms with Crippen molar-refractivity contribution in [1.82, 2.24) is 10.2 Å². The van der Waals surface area contributed by atoms with Gasteiger partial charge < -0.3 is 0 Å². The van der Waals surface area contributed by atoms with Crippen LogP contribution in [0.3, 0.4) is 0 Å². The summed E-state index contributed by atoms with van der Waals surface area (Å²) in [6.07, 6.45) is 1.12. The van der Waals surface area contributed by atoms with Gasteiger partial charge in [-0.05, 0) is 46.0 Å². The lowest BCUT2D eigenvalue weighted by atomic mass is 10.0. The summed E-state index contributed by atoms with van der Waals surface area (Å²) < 4.78 is 0.762. The van der Waals surface area contributed by atoms with Gasteiger partial charge in [0.2, 0.25) is 0 Å². The molecule has 2 aromatic rings. The maximum atomic E-state index is 4.14. The van der Waals surface area contributed by atoms with Gasteiger partial charge in [-0.2, -0.15) is 0 Å². The molecule has 0 atom stereocenters. The summed E-state index contributed by atoms with van der Waals surface area (Å²) in [5.41, 5.74) is 3.38. The number of hydrogen-bond donors (Lipinski definition) is 0. The molecular weight excluding hydrogens is 276 g/mol. The van der Waals surface area contributed by atoms with Crippen molar-refractivity contribution in [1.29, 1.82) is 0 Å². The van der Waals surface area contributed by atoms with Gasteiger partial charge >= 0.3 is 0 Å². The normalized spacial score (nSPS) is 10.8. The Kier molecular flexibility index (Phi) is 3.89. The fourth-order valence-electron chi connectivity index (χ4n) is 1.75. The van der Waals surface area contributed by atoms with Gasteiger partial charge in [-0.1, -0.05) is 38.1 Å². The average Bonchev–Trinajstić information content (AvgIpc) is 2.30. The van der Waals surface area contributed by atoms with E-state index in [9.17, 15) is 0 Å². The Bertz CT molecular complexity index is 475. The van der Waals surface area contributed by atoms with E-state index in [0.29, 0.717) is 5.92 Å². The maximum absolute atomic E-state index is 4.14. The molecule has 0 saturated carbocycles. The van der Waals surface area contributed by atoms with Crippen LogP contribution < -0.4 is 0 Å². The first-order chi connectivity index (χ1) is 8.15. The summed E-state index contributed by atoms with van der Waals surface area (Å²) in [5, 5.41) is 8.14. The number of halogens is 1. The number of aromatic nitrogens is 2. The Balaban J connectivity index is 2.20. The second kappa shape index (κ2) is 5.41. The van der Waals surface area contributed by atoms with Crippen molar-refractivity contribution in [2.24, 2.45) is 5.92 Å². The second-order valence-corrected chi connectivity index (χ2v) is 5.35. The van der Waals surface area contributed by atoms with E-state index < -0.39 is 0 Å². The molecule has 3 heteroatoms. The van der Waals surface area contributed by atoms with E-state index in [-0.39, 0.29) is 0 Å². The highest BCUT2D eigenvalue weighted by Crippen LogP contribution is 2.19. The zero-order valence-electron chi connectivity index (χ0n) is 10.0. The fraction of sp³-hybridized carbons (Fsp3) is 0.286. The first kappa shape index (κ1) is 12.2. The van der Waals surface area contributed by atoms with Crippen molar-refractivity contribution >= 4 is 15.9 Å². The molecule has 0 unspecified atom stereocenters. The molecular formula is C14H15BrN2. The quantitative estimate of drug-likeness (QED) is 0.850. The molecule has 0 fully saturated rings. The molecule has 0 N–H and O–H groups in total. The SMILES string of the molecule is CC(C)Cc1ccc(-c2ccc(Br)nn2)cc1. The van der Waals surface area contributed by atoms with Crippen LogP contribution >= 0.6 is 15.9 Å². The Labute approximate surface area is 110 Å². The van der Waals surface area contributed by atoms with E-state index in [4.69, 9.17) is 0 Å². The van der Waals surface area contributed by atoms with Crippen molar-refractivity contribution < 1.29 is 0 Å². The molecule has 0 spiro atoms. The molecule has 0 aliphatic carbocycles. The van der Waals surface area contributed by atoms with E-state index in [0.717, 1.165) is 22.3 Å². The third-order valence-electron chi connectivity index (χ3n) is 2.53. The maximum Gasteiger partial charge on any atom is 0.128 e. The van der Waals surface area contributed by atoms with E-state index in [1.807, 2.05) is 12.1 Å². The van der Waals surface area contributed by atoms with Crippen molar-refractivity contribution in [2.75, 3.05) is 0 Å². The van der Waals surface area contributed by atoms with E-state index in [2.05, 4.69) is 64.2 Å². The molecule has 2 rings (SSSR count). The van der Waals surface area contributed by atoms with Gasteiger partial charge in [0.15, 0.2) is 0 Å². The van der Waals surface area contributed by atoms with Gasteiger partial charge in [0, 0.05) is 5.56 Å². The molecule has 1 heterocycles. The standard InChI is InChI=1S/C14H15BrN2/c1-10(2)9-11-3-5-12(6-4-11)13-7-8-14(15)17-16-13/h3-8,10H,9H2,1-2H3. The van der Waals surface area contributed by atoms with Gasteiger partial charge in [0.05, 0.1) is 5.69 Å². The predicted octanol–water partition coefficient (Wildman–Crippen LogP) is 4.10. The Morgan fingerprint density at radius 2 is 1.71 bits per heavy atom. The summed E-state index contributed by atoms with van der Waals surface area (Å²) in [4.78, 5) is 0. The largest absolute Gasteiger partial charge is 0.149 e. The predicted molar refractivity (Wildman–Crippen MR) is 73.7 cm³/mol. The molecule has 2 nitrogen and oxygen atoms in total. The molecule has 88 valence electrons. The number of nitrogens with zero attached hydrogens (tertiary/aromatic N) is 2. The third kappa shape index (κ3) is 3.37. The molecule has 17 heavy (non-hydrogen) atoms. The van der Waals surface area contributed by atoms with Crippen LogP contribution in [-0.2, 0) is 6.42 Å². The second-order valence-electron chi connectivity index (χ2n) is 4.54. The Morgan fingerprint density at radius 1 is 1.00 bits per heavy atom. The number of rotatable bonds is 3. The van der Waals surface area contributed by atoms with Crippen LogP contribution in [0, 0.1) is 5.92 Å². The molecule has 1 aromatic carbocycles. The minimum atomic E-state index is 0.688. The zero-order valence-corrected chi connectivity index (χ0v) is 11.6. The van der Waals surface area contributed by atoms with Crippen LogP contribution in [0.15, 0.2) is 41.0 Å². The van der Waals surface area contributed by atoms with E-state index >= 15 is 0 Å². The average molecular weight is 291 g/mol. The topological polar surface area (TPSA) is 25.8 Å². The first-order valence-corrected chi connectivity index (χ1v) is 6.53. The highest BCUT2D eigenvalue weighted by molar-refractivity contribution is 9.10. The summed E-state index contributed by atoms with van der Waals surface area (Å²) >= 11 is 3.28. The van der Waals surface area contributed by atoms with Crippen molar-refractivity contribution in [3.8, 4) is 11.3 Å². The fourth-order valence-corrected chi connectivity index (χ4v) is 1.96. The Morgan fingerprint density at radius 3 is 2.24 bits per heavy atom. The minimum absolute atomic E-state index is 0.688. The molecule has 0 amide bonds. The smallest absolute Gasteiger partial charge is 0.128 e. The van der Waals surface area contributed by atoms with Crippen LogP contribution in [0.2, 0.25) is 0 Å². The van der Waals surface area contributed by atoms with Gasteiger partial charge in [-0.15, -0.1) is 10.2 Å². The number of benzene rings is 1. The lowest BCUT2D eigenvalue weighted by Crippen LogP contribution is -1.94. The lowest BCUT2D eigenvalue weighted by molar-refractivity contribution is 0.647. The molecule has 1 aromatic heterocycles. The zero-order chi connectivity index (χ0) is 12.3. The highest BCUT2D eigenvalue weighted by atomic mass is 79.9. The van der Waals surface area contributed by atoms with Crippen LogP contribution in [-0.4, -0.2) is 10.2 Å². The molecule has 0 bridgehead atoms. The monoisotopic (exact) mass is 290 g/mol. The van der Waals surface area contributed by atoms with E-state index in [1.54, 1.807) is 0 Å². The summed E-state index contributed by atoms with van der Waals surface area (Å²) in [6.45, 7) is 4.46. The number of hydrogen-bond acceptors (Lipinski definition) is 2. The summed E-state index contributed by atoms with van der Waals surface area (Å²) in [7, 11) is 0. The van der Waals surface area contributed by atoms with Gasteiger partial charge in [-0.3, -0.25) is 0 Å². The van der Waals surface area contributed by atoms with Crippen molar-refractivity contribution in [3.63, 3.8) is 0 Å². The van der Waals surface area contributed by atoms with Crippen LogP contribution in [0.25, 0.3) is 11.3 Å². The Hall–Kier alpha value is -1.22. The van der Waals surface area contributed by atoms with Gasteiger partial charge in [0.1, 0.15) is 4.60 Å². The molecule has 0 aliphatic heterocycles. The lowest BCUT2D eigenvalue weighted by Gasteiger charge is -2.06.